The van der Waals surface area contributed by atoms with Crippen LogP contribution in [0.25, 0.3) is 11.2 Å². The van der Waals surface area contributed by atoms with E-state index in [1.807, 2.05) is 0 Å². The Kier molecular flexibility index (Phi) is 5.60. The molecule has 0 N–H and O–H groups in total. The molecule has 0 bridgehead atoms. The smallest absolute Gasteiger partial charge is 0.330 e. The highest BCUT2D eigenvalue weighted by Crippen LogP contribution is 2.33. The van der Waals surface area contributed by atoms with Gasteiger partial charge >= 0.3 is 5.69 Å². The summed E-state index contributed by atoms with van der Waals surface area (Å²) in [5.41, 5.74) is 1.31. The molecule has 1 aliphatic carbocycles. The predicted molar refractivity (Wildman–Crippen MR) is 107 cm³/mol. The molecule has 6 nitrogen and oxygen atoms in total. The summed E-state index contributed by atoms with van der Waals surface area (Å²) < 4.78 is 9.92. The topological polar surface area (TPSA) is 61.9 Å². The number of aromatic nitrogens is 4. The fourth-order valence-electron chi connectivity index (χ4n) is 4.35. The highest BCUT2D eigenvalue weighted by molar-refractivity contribution is 6.71. The van der Waals surface area contributed by atoms with Crippen LogP contribution in [0.4, 0.5) is 0 Å². The van der Waals surface area contributed by atoms with Crippen LogP contribution in [0.2, 0.25) is 24.4 Å². The summed E-state index contributed by atoms with van der Waals surface area (Å²) in [5.74, 6) is 0.673. The van der Waals surface area contributed by atoms with E-state index in [0.717, 1.165) is 31.2 Å². The lowest BCUT2D eigenvalue weighted by atomic mass is 9.93. The van der Waals surface area contributed by atoms with Crippen molar-refractivity contribution >= 4 is 31.1 Å². The van der Waals surface area contributed by atoms with Gasteiger partial charge in [-0.05, 0) is 62.3 Å². The maximum atomic E-state index is 12.7. The van der Waals surface area contributed by atoms with Gasteiger partial charge in [-0.25, -0.2) is 9.78 Å². The minimum atomic E-state index is -1.62. The fourth-order valence-corrected chi connectivity index (χ4v) is 7.68. The van der Waals surface area contributed by atoms with Crippen LogP contribution in [-0.2, 0) is 11.5 Å². The van der Waals surface area contributed by atoms with Gasteiger partial charge in [-0.3, -0.25) is 9.13 Å². The molecular formula is C18H29ClN4O2Si. The third-order valence-electron chi connectivity index (χ3n) is 5.20. The van der Waals surface area contributed by atoms with Gasteiger partial charge in [-0.1, -0.05) is 13.8 Å². The van der Waals surface area contributed by atoms with Crippen molar-refractivity contribution in [3.63, 3.8) is 0 Å². The lowest BCUT2D eigenvalue weighted by Crippen LogP contribution is -2.39. The van der Waals surface area contributed by atoms with Gasteiger partial charge in [0.25, 0.3) is 0 Å². The molecule has 0 amide bonds. The van der Waals surface area contributed by atoms with Gasteiger partial charge in [-0.2, -0.15) is 4.98 Å². The standard InChI is InChI=1S/C18H29ClN4O2Si/c1-12(2)11-26(4,5)25-14-8-6-13(7-9-14)23-16-15(22(3)18(23)24)10-20-17(19)21-16/h10,12-14H,6-9,11H2,1-5H3. The molecule has 0 saturated heterocycles. The second kappa shape index (κ2) is 7.44. The molecule has 0 atom stereocenters. The van der Waals surface area contributed by atoms with Crippen molar-refractivity contribution in [2.45, 2.75) is 70.8 Å². The highest BCUT2D eigenvalue weighted by Gasteiger charge is 2.32. The molecule has 1 saturated carbocycles. The summed E-state index contributed by atoms with van der Waals surface area (Å²) in [6, 6.07) is 1.33. The molecule has 0 spiro atoms. The van der Waals surface area contributed by atoms with Crippen LogP contribution in [0.1, 0.15) is 45.6 Å². The number of fused-ring (bicyclic) bond motifs is 1. The zero-order valence-corrected chi connectivity index (χ0v) is 18.1. The lowest BCUT2D eigenvalue weighted by Gasteiger charge is -2.35. The maximum Gasteiger partial charge on any atom is 0.330 e. The molecule has 0 radical (unpaired) electrons. The first-order valence-electron chi connectivity index (χ1n) is 9.45. The summed E-state index contributed by atoms with van der Waals surface area (Å²) in [4.78, 5) is 21.0. The van der Waals surface area contributed by atoms with Gasteiger partial charge < -0.3 is 4.43 Å². The van der Waals surface area contributed by atoms with Crippen molar-refractivity contribution in [1.82, 2.24) is 19.1 Å². The van der Waals surface area contributed by atoms with Crippen molar-refractivity contribution < 1.29 is 4.43 Å². The Hall–Kier alpha value is -1.18. The average Bonchev–Trinajstić information content (AvgIpc) is 2.77. The number of nitrogens with zero attached hydrogens (tertiary/aromatic N) is 4. The minimum absolute atomic E-state index is 0.0459. The molecule has 0 unspecified atom stereocenters. The van der Waals surface area contributed by atoms with E-state index in [-0.39, 0.29) is 17.0 Å². The van der Waals surface area contributed by atoms with Crippen molar-refractivity contribution in [3.8, 4) is 0 Å². The molecule has 0 aliphatic heterocycles. The second-order valence-corrected chi connectivity index (χ2v) is 13.0. The SMILES string of the molecule is CC(C)C[Si](C)(C)OC1CCC(n2c(=O)n(C)c3cnc(Cl)nc32)CC1. The number of imidazole rings is 1. The zero-order chi connectivity index (χ0) is 19.1. The van der Waals surface area contributed by atoms with Crippen LogP contribution >= 0.6 is 11.6 Å². The summed E-state index contributed by atoms with van der Waals surface area (Å²) in [5, 5.41) is 0.176. The highest BCUT2D eigenvalue weighted by atomic mass is 35.5. The van der Waals surface area contributed by atoms with Crippen LogP contribution in [0.15, 0.2) is 11.0 Å². The van der Waals surface area contributed by atoms with Gasteiger partial charge in [0.1, 0.15) is 5.52 Å². The van der Waals surface area contributed by atoms with E-state index < -0.39 is 8.32 Å². The molecule has 8 heteroatoms. The number of rotatable bonds is 5. The fraction of sp³-hybridized carbons (Fsp3) is 0.722. The van der Waals surface area contributed by atoms with Crippen LogP contribution in [0.3, 0.4) is 0 Å². The number of halogens is 1. The Morgan fingerprint density at radius 1 is 1.31 bits per heavy atom. The number of aryl methyl sites for hydroxylation is 1. The van der Waals surface area contributed by atoms with E-state index in [0.29, 0.717) is 17.7 Å². The first kappa shape index (κ1) is 19.6. The molecule has 2 aromatic heterocycles. The lowest BCUT2D eigenvalue weighted by molar-refractivity contribution is 0.123. The Morgan fingerprint density at radius 3 is 2.58 bits per heavy atom. The number of hydrogen-bond donors (Lipinski definition) is 0. The zero-order valence-electron chi connectivity index (χ0n) is 16.3. The summed E-state index contributed by atoms with van der Waals surface area (Å²) in [6.07, 6.45) is 5.77. The van der Waals surface area contributed by atoms with Crippen molar-refractivity contribution in [2.75, 3.05) is 0 Å². The van der Waals surface area contributed by atoms with E-state index in [4.69, 9.17) is 16.0 Å². The van der Waals surface area contributed by atoms with Crippen LogP contribution < -0.4 is 5.69 Å². The normalized spacial score (nSPS) is 21.7. The van der Waals surface area contributed by atoms with Gasteiger partial charge in [0.05, 0.1) is 6.20 Å². The van der Waals surface area contributed by atoms with E-state index in [2.05, 4.69) is 36.9 Å². The predicted octanol–water partition coefficient (Wildman–Crippen LogP) is 4.14. The molecule has 1 fully saturated rings. The van der Waals surface area contributed by atoms with E-state index in [1.54, 1.807) is 22.4 Å². The van der Waals surface area contributed by atoms with E-state index >= 15 is 0 Å². The maximum absolute atomic E-state index is 12.7. The minimum Gasteiger partial charge on any atom is -0.414 e. The Bertz CT molecular complexity index is 838. The summed E-state index contributed by atoms with van der Waals surface area (Å²) >= 11 is 5.97. The molecule has 26 heavy (non-hydrogen) atoms. The van der Waals surface area contributed by atoms with Crippen LogP contribution in [0.5, 0.6) is 0 Å². The molecule has 0 aromatic carbocycles. The summed E-state index contributed by atoms with van der Waals surface area (Å²) in [7, 11) is 0.133. The monoisotopic (exact) mass is 396 g/mol. The third-order valence-corrected chi connectivity index (χ3v) is 8.15. The van der Waals surface area contributed by atoms with Crippen molar-refractivity contribution in [1.29, 1.82) is 0 Å². The third kappa shape index (κ3) is 4.04. The first-order chi connectivity index (χ1) is 12.2. The van der Waals surface area contributed by atoms with Crippen LogP contribution in [-0.4, -0.2) is 33.5 Å². The van der Waals surface area contributed by atoms with Crippen molar-refractivity contribution in [2.24, 2.45) is 13.0 Å². The summed E-state index contributed by atoms with van der Waals surface area (Å²) in [6.45, 7) is 9.14. The van der Waals surface area contributed by atoms with E-state index in [1.165, 1.54) is 6.04 Å². The molecule has 1 aliphatic rings. The van der Waals surface area contributed by atoms with Gasteiger partial charge in [0.15, 0.2) is 14.0 Å². The van der Waals surface area contributed by atoms with Gasteiger partial charge in [0.2, 0.25) is 5.28 Å². The number of hydrogen-bond acceptors (Lipinski definition) is 4. The van der Waals surface area contributed by atoms with E-state index in [9.17, 15) is 4.79 Å². The van der Waals surface area contributed by atoms with Crippen LogP contribution in [0, 0.1) is 5.92 Å². The molecule has 2 aromatic rings. The molecular weight excluding hydrogens is 368 g/mol. The van der Waals surface area contributed by atoms with Gasteiger partial charge in [-0.15, -0.1) is 0 Å². The average molecular weight is 397 g/mol. The molecule has 3 rings (SSSR count). The quantitative estimate of drug-likeness (QED) is 0.562. The van der Waals surface area contributed by atoms with Gasteiger partial charge in [0, 0.05) is 19.2 Å². The second-order valence-electron chi connectivity index (χ2n) is 8.47. The molecule has 2 heterocycles. The Labute approximate surface area is 160 Å². The molecule has 144 valence electrons. The Balaban J connectivity index is 1.75. The van der Waals surface area contributed by atoms with Crippen molar-refractivity contribution in [3.05, 3.63) is 22.0 Å². The first-order valence-corrected chi connectivity index (χ1v) is 12.9. The largest absolute Gasteiger partial charge is 0.414 e. The Morgan fingerprint density at radius 2 is 1.96 bits per heavy atom.